The number of nitrogens with zero attached hydrogens (tertiary/aromatic N) is 1. The van der Waals surface area contributed by atoms with Gasteiger partial charge in [-0.3, -0.25) is 9.78 Å². The summed E-state index contributed by atoms with van der Waals surface area (Å²) in [5, 5.41) is 0. The lowest BCUT2D eigenvalue weighted by Crippen LogP contribution is -2.29. The summed E-state index contributed by atoms with van der Waals surface area (Å²) in [6.07, 6.45) is 1.34. The van der Waals surface area contributed by atoms with Crippen molar-refractivity contribution in [1.82, 2.24) is 9.71 Å². The first kappa shape index (κ1) is 16.5. The van der Waals surface area contributed by atoms with E-state index in [0.29, 0.717) is 0 Å². The molecule has 0 aromatic carbocycles. The molecule has 3 N–H and O–H groups in total. The number of hydrogen-bond donors (Lipinski definition) is 2. The highest BCUT2D eigenvalue weighted by Crippen LogP contribution is 2.12. The molecule has 0 saturated heterocycles. The first-order chi connectivity index (χ1) is 9.38. The lowest BCUT2D eigenvalue weighted by Gasteiger charge is -2.09. The minimum absolute atomic E-state index is 0.0196. The van der Waals surface area contributed by atoms with E-state index in [-0.39, 0.29) is 35.2 Å². The highest BCUT2D eigenvalue weighted by atomic mass is 32.2. The van der Waals surface area contributed by atoms with Crippen LogP contribution in [0.5, 0.6) is 0 Å². The molecule has 20 heavy (non-hydrogen) atoms. The minimum Gasteiger partial charge on any atom is -0.466 e. The zero-order chi connectivity index (χ0) is 15.2. The molecule has 0 aliphatic rings. The second-order valence-electron chi connectivity index (χ2n) is 3.67. The molecule has 7 nitrogen and oxygen atoms in total. The first-order valence-electron chi connectivity index (χ1n) is 5.78. The maximum absolute atomic E-state index is 12.1. The third-order valence-electron chi connectivity index (χ3n) is 2.22. The Morgan fingerprint density at radius 3 is 2.85 bits per heavy atom. The second-order valence-corrected chi connectivity index (χ2v) is 5.84. The number of nitrogens with two attached hydrogens (primary N) is 1. The fraction of sp³-hybridized carbons (Fsp3) is 0.364. The van der Waals surface area contributed by atoms with Crippen LogP contribution in [0.25, 0.3) is 0 Å². The standard InChI is InChI=1S/C11H15N3O4S2/c1-2-18-9(15)5-7-14-20(16,17)8-4-3-6-13-10(8)11(12)19/h3-4,6,14H,2,5,7H2,1H3,(H2,12,19). The number of carbonyl (C=O) groups is 1. The number of hydrogen-bond acceptors (Lipinski definition) is 6. The number of thiocarbonyl (C=S) groups is 1. The maximum atomic E-state index is 12.1. The molecule has 0 aliphatic carbocycles. The number of nitrogens with one attached hydrogen (secondary N) is 1. The number of aromatic nitrogens is 1. The Bertz CT molecular complexity index is 601. The molecule has 0 aliphatic heterocycles. The minimum atomic E-state index is -3.83. The Kier molecular flexibility index (Phi) is 5.99. The quantitative estimate of drug-likeness (QED) is 0.535. The van der Waals surface area contributed by atoms with Gasteiger partial charge in [0.2, 0.25) is 10.0 Å². The van der Waals surface area contributed by atoms with Gasteiger partial charge in [-0.2, -0.15) is 0 Å². The zero-order valence-electron chi connectivity index (χ0n) is 10.8. The lowest BCUT2D eigenvalue weighted by atomic mass is 10.3. The Hall–Kier alpha value is -1.58. The molecule has 1 rings (SSSR count). The van der Waals surface area contributed by atoms with Crippen molar-refractivity contribution in [2.24, 2.45) is 5.73 Å². The van der Waals surface area contributed by atoms with Crippen molar-refractivity contribution in [3.05, 3.63) is 24.0 Å². The fourth-order valence-corrected chi connectivity index (χ4v) is 2.82. The van der Waals surface area contributed by atoms with Gasteiger partial charge in [0, 0.05) is 12.7 Å². The van der Waals surface area contributed by atoms with Crippen LogP contribution < -0.4 is 10.5 Å². The van der Waals surface area contributed by atoms with Crippen molar-refractivity contribution in [1.29, 1.82) is 0 Å². The molecular formula is C11H15N3O4S2. The number of ether oxygens (including phenoxy) is 1. The first-order valence-corrected chi connectivity index (χ1v) is 7.67. The molecular weight excluding hydrogens is 302 g/mol. The molecule has 0 unspecified atom stereocenters. The van der Waals surface area contributed by atoms with Crippen LogP contribution in [0.4, 0.5) is 0 Å². The zero-order valence-corrected chi connectivity index (χ0v) is 12.5. The molecule has 1 heterocycles. The predicted molar refractivity (Wildman–Crippen MR) is 76.6 cm³/mol. The van der Waals surface area contributed by atoms with Crippen molar-refractivity contribution in [2.45, 2.75) is 18.2 Å². The average molecular weight is 317 g/mol. The summed E-state index contributed by atoms with van der Waals surface area (Å²) in [7, 11) is -3.83. The van der Waals surface area contributed by atoms with Gasteiger partial charge in [-0.1, -0.05) is 12.2 Å². The summed E-state index contributed by atoms with van der Waals surface area (Å²) in [5.74, 6) is -0.476. The molecule has 1 aromatic heterocycles. The van der Waals surface area contributed by atoms with Crippen molar-refractivity contribution in [3.8, 4) is 0 Å². The van der Waals surface area contributed by atoms with Gasteiger partial charge < -0.3 is 10.5 Å². The molecule has 0 bridgehead atoms. The topological polar surface area (TPSA) is 111 Å². The lowest BCUT2D eigenvalue weighted by molar-refractivity contribution is -0.142. The smallest absolute Gasteiger partial charge is 0.307 e. The molecule has 0 saturated carbocycles. The van der Waals surface area contributed by atoms with E-state index in [1.54, 1.807) is 6.92 Å². The van der Waals surface area contributed by atoms with E-state index < -0.39 is 16.0 Å². The van der Waals surface area contributed by atoms with Crippen LogP contribution in [-0.2, 0) is 19.6 Å². The van der Waals surface area contributed by atoms with Gasteiger partial charge in [0.1, 0.15) is 15.6 Å². The van der Waals surface area contributed by atoms with E-state index in [1.807, 2.05) is 0 Å². The summed E-state index contributed by atoms with van der Waals surface area (Å²) >= 11 is 4.76. The van der Waals surface area contributed by atoms with Gasteiger partial charge >= 0.3 is 5.97 Å². The Balaban J connectivity index is 2.80. The summed E-state index contributed by atoms with van der Waals surface area (Å²) in [6, 6.07) is 2.80. The van der Waals surface area contributed by atoms with E-state index in [0.717, 1.165) is 0 Å². The third kappa shape index (κ3) is 4.51. The van der Waals surface area contributed by atoms with Crippen molar-refractivity contribution in [2.75, 3.05) is 13.2 Å². The van der Waals surface area contributed by atoms with E-state index >= 15 is 0 Å². The highest BCUT2D eigenvalue weighted by molar-refractivity contribution is 7.89. The molecule has 0 amide bonds. The van der Waals surface area contributed by atoms with Gasteiger partial charge in [-0.05, 0) is 19.1 Å². The van der Waals surface area contributed by atoms with E-state index in [1.165, 1.54) is 18.3 Å². The summed E-state index contributed by atoms with van der Waals surface area (Å²) in [4.78, 5) is 14.7. The second kappa shape index (κ2) is 7.27. The SMILES string of the molecule is CCOC(=O)CCNS(=O)(=O)c1cccnc1C(N)=S. The van der Waals surface area contributed by atoms with Crippen molar-refractivity contribution in [3.63, 3.8) is 0 Å². The molecule has 9 heteroatoms. The van der Waals surface area contributed by atoms with Crippen LogP contribution in [0.2, 0.25) is 0 Å². The molecule has 0 atom stereocenters. The molecule has 110 valence electrons. The van der Waals surface area contributed by atoms with Crippen LogP contribution >= 0.6 is 12.2 Å². The molecule has 0 spiro atoms. The maximum Gasteiger partial charge on any atom is 0.307 e. The average Bonchev–Trinajstić information content (AvgIpc) is 2.38. The van der Waals surface area contributed by atoms with Crippen LogP contribution in [0, 0.1) is 0 Å². The van der Waals surface area contributed by atoms with Gasteiger partial charge in [0.05, 0.1) is 13.0 Å². The largest absolute Gasteiger partial charge is 0.466 e. The van der Waals surface area contributed by atoms with Gasteiger partial charge in [0.15, 0.2) is 0 Å². The summed E-state index contributed by atoms with van der Waals surface area (Å²) in [6.45, 7) is 1.85. The third-order valence-corrected chi connectivity index (χ3v) is 3.91. The fourth-order valence-electron chi connectivity index (χ4n) is 1.39. The normalized spacial score (nSPS) is 11.1. The van der Waals surface area contributed by atoms with Crippen molar-refractivity contribution >= 4 is 33.2 Å². The van der Waals surface area contributed by atoms with Gasteiger partial charge in [-0.15, -0.1) is 0 Å². The summed E-state index contributed by atoms with van der Waals surface area (Å²) in [5.41, 5.74) is 5.45. The number of rotatable bonds is 7. The van der Waals surface area contributed by atoms with E-state index in [2.05, 4.69) is 9.71 Å². The van der Waals surface area contributed by atoms with Gasteiger partial charge in [0.25, 0.3) is 0 Å². The Labute approximate surface area is 122 Å². The molecule has 0 radical (unpaired) electrons. The molecule has 0 fully saturated rings. The van der Waals surface area contributed by atoms with Gasteiger partial charge in [-0.25, -0.2) is 13.1 Å². The van der Waals surface area contributed by atoms with Crippen molar-refractivity contribution < 1.29 is 17.9 Å². The number of esters is 1. The number of carbonyl (C=O) groups excluding carboxylic acids is 1. The van der Waals surface area contributed by atoms with Crippen LogP contribution in [0.15, 0.2) is 23.2 Å². The van der Waals surface area contributed by atoms with Crippen LogP contribution in [-0.4, -0.2) is 37.5 Å². The Morgan fingerprint density at radius 1 is 1.55 bits per heavy atom. The van der Waals surface area contributed by atoms with Crippen LogP contribution in [0.1, 0.15) is 19.0 Å². The monoisotopic (exact) mass is 317 g/mol. The predicted octanol–water partition coefficient (Wildman–Crippen LogP) is -0.0527. The highest BCUT2D eigenvalue weighted by Gasteiger charge is 2.20. The Morgan fingerprint density at radius 2 is 2.25 bits per heavy atom. The summed E-state index contributed by atoms with van der Waals surface area (Å²) < 4.78 is 31.1. The van der Waals surface area contributed by atoms with E-state index in [4.69, 9.17) is 22.7 Å². The number of pyridine rings is 1. The number of sulfonamides is 1. The van der Waals surface area contributed by atoms with E-state index in [9.17, 15) is 13.2 Å². The molecule has 1 aromatic rings. The van der Waals surface area contributed by atoms with Crippen LogP contribution in [0.3, 0.4) is 0 Å².